The van der Waals surface area contributed by atoms with Gasteiger partial charge in [0.15, 0.2) is 6.10 Å². The second-order valence-electron chi connectivity index (χ2n) is 6.86. The second-order valence-corrected chi connectivity index (χ2v) is 6.86. The van der Waals surface area contributed by atoms with E-state index in [-0.39, 0.29) is 6.04 Å². The first kappa shape index (κ1) is 18.9. The number of esters is 1. The molecule has 0 spiro atoms. The normalized spacial score (nSPS) is 13.3. The van der Waals surface area contributed by atoms with Crippen molar-refractivity contribution in [1.82, 2.24) is 4.90 Å². The number of benzene rings is 3. The molecule has 0 aliphatic heterocycles. The molecule has 0 aromatic heterocycles. The van der Waals surface area contributed by atoms with Crippen LogP contribution in [0.3, 0.4) is 0 Å². The first-order chi connectivity index (χ1) is 13.0. The maximum atomic E-state index is 12.2. The molecule has 0 aliphatic carbocycles. The molecule has 0 fully saturated rings. The summed E-state index contributed by atoms with van der Waals surface area (Å²) < 4.78 is 5.87. The van der Waals surface area contributed by atoms with Crippen molar-refractivity contribution in [2.45, 2.75) is 19.1 Å². The van der Waals surface area contributed by atoms with Crippen LogP contribution >= 0.6 is 0 Å². The van der Waals surface area contributed by atoms with Crippen molar-refractivity contribution in [2.75, 3.05) is 14.1 Å². The van der Waals surface area contributed by atoms with Crippen LogP contribution < -0.4 is 0 Å². The van der Waals surface area contributed by atoms with Crippen LogP contribution in [0.25, 0.3) is 10.8 Å². The molecule has 138 valence electrons. The van der Waals surface area contributed by atoms with E-state index < -0.39 is 12.1 Å². The van der Waals surface area contributed by atoms with Crippen molar-refractivity contribution in [1.29, 1.82) is 0 Å². The van der Waals surface area contributed by atoms with Gasteiger partial charge in [-0.15, -0.1) is 0 Å². The molecular formula is C24H25NO2. The maximum Gasteiger partial charge on any atom is 0.331 e. The molecule has 27 heavy (non-hydrogen) atoms. The third-order valence-corrected chi connectivity index (χ3v) is 5.01. The molecular weight excluding hydrogens is 334 g/mol. The number of hydrogen-bond acceptors (Lipinski definition) is 3. The molecule has 2 atom stereocenters. The summed E-state index contributed by atoms with van der Waals surface area (Å²) in [6.07, 6.45) is 0.719. The van der Waals surface area contributed by atoms with Crippen LogP contribution in [0.5, 0.6) is 0 Å². The summed E-state index contributed by atoms with van der Waals surface area (Å²) in [5.74, 6) is -0.430. The molecule has 0 aliphatic rings. The van der Waals surface area contributed by atoms with Crippen LogP contribution in [0.1, 0.15) is 35.8 Å². The van der Waals surface area contributed by atoms with Crippen LogP contribution in [0.4, 0.5) is 0 Å². The van der Waals surface area contributed by atoms with Crippen LogP contribution in [-0.2, 0) is 9.53 Å². The van der Waals surface area contributed by atoms with Crippen molar-refractivity contribution in [3.05, 3.63) is 96.1 Å². The Labute approximate surface area is 160 Å². The molecule has 0 bridgehead atoms. The van der Waals surface area contributed by atoms with Crippen LogP contribution in [0.15, 0.2) is 79.4 Å². The number of rotatable bonds is 6. The van der Waals surface area contributed by atoms with Gasteiger partial charge in [-0.05, 0) is 37.4 Å². The molecule has 3 heteroatoms. The fourth-order valence-electron chi connectivity index (χ4n) is 3.35. The summed E-state index contributed by atoms with van der Waals surface area (Å²) in [5, 5.41) is 2.20. The van der Waals surface area contributed by atoms with Gasteiger partial charge in [0.2, 0.25) is 0 Å². The standard InChI is InChI=1S/C24H25NO2/c1-5-23(26)27-24(21-15-9-8-13-19(21)17(2)25(3)4)22-16-10-12-18-11-6-7-14-20(18)22/h5-17,24H,1H2,2-4H3/t17-,24-/m1/s1. The first-order valence-corrected chi connectivity index (χ1v) is 9.09. The maximum absolute atomic E-state index is 12.2. The lowest BCUT2D eigenvalue weighted by Crippen LogP contribution is -2.20. The third kappa shape index (κ3) is 3.93. The van der Waals surface area contributed by atoms with Crippen molar-refractivity contribution in [3.63, 3.8) is 0 Å². The highest BCUT2D eigenvalue weighted by Crippen LogP contribution is 2.36. The van der Waals surface area contributed by atoms with Crippen molar-refractivity contribution in [3.8, 4) is 0 Å². The Balaban J connectivity index is 2.22. The average Bonchev–Trinajstić information content (AvgIpc) is 2.71. The van der Waals surface area contributed by atoms with Crippen molar-refractivity contribution in [2.24, 2.45) is 0 Å². The van der Waals surface area contributed by atoms with Gasteiger partial charge in [-0.25, -0.2) is 4.79 Å². The Kier molecular flexibility index (Phi) is 5.72. The average molecular weight is 359 g/mol. The van der Waals surface area contributed by atoms with Gasteiger partial charge in [-0.3, -0.25) is 0 Å². The fourth-order valence-corrected chi connectivity index (χ4v) is 3.35. The van der Waals surface area contributed by atoms with Gasteiger partial charge in [-0.1, -0.05) is 73.3 Å². The predicted molar refractivity (Wildman–Crippen MR) is 111 cm³/mol. The molecule has 0 unspecified atom stereocenters. The first-order valence-electron chi connectivity index (χ1n) is 9.09. The minimum atomic E-state index is -0.500. The molecule has 3 aromatic rings. The zero-order valence-corrected chi connectivity index (χ0v) is 16.1. The van der Waals surface area contributed by atoms with Gasteiger partial charge >= 0.3 is 5.97 Å². The number of carbonyl (C=O) groups excluding carboxylic acids is 1. The highest BCUT2D eigenvalue weighted by Gasteiger charge is 2.25. The minimum Gasteiger partial charge on any atom is -0.449 e. The van der Waals surface area contributed by atoms with Crippen molar-refractivity contribution >= 4 is 16.7 Å². The molecule has 0 saturated carbocycles. The summed E-state index contributed by atoms with van der Waals surface area (Å²) in [4.78, 5) is 14.3. The number of hydrogen-bond donors (Lipinski definition) is 0. The Bertz CT molecular complexity index is 956. The predicted octanol–water partition coefficient (Wildman–Crippen LogP) is 5.28. The summed E-state index contributed by atoms with van der Waals surface area (Å²) >= 11 is 0. The summed E-state index contributed by atoms with van der Waals surface area (Å²) in [6.45, 7) is 5.71. The Morgan fingerprint density at radius 2 is 1.52 bits per heavy atom. The smallest absolute Gasteiger partial charge is 0.331 e. The number of nitrogens with zero attached hydrogens (tertiary/aromatic N) is 1. The van der Waals surface area contributed by atoms with E-state index in [1.54, 1.807) is 0 Å². The molecule has 3 nitrogen and oxygen atoms in total. The van der Waals surface area contributed by atoms with E-state index in [0.717, 1.165) is 27.5 Å². The Hall–Kier alpha value is -2.91. The third-order valence-electron chi connectivity index (χ3n) is 5.01. The van der Waals surface area contributed by atoms with Gasteiger partial charge < -0.3 is 9.64 Å². The lowest BCUT2D eigenvalue weighted by molar-refractivity contribution is -0.141. The number of ether oxygens (including phenoxy) is 1. The quantitative estimate of drug-likeness (QED) is 0.443. The van der Waals surface area contributed by atoms with Gasteiger partial charge in [0, 0.05) is 23.2 Å². The lowest BCUT2D eigenvalue weighted by Gasteiger charge is -2.27. The zero-order valence-electron chi connectivity index (χ0n) is 16.1. The SMILES string of the molecule is C=CC(=O)O[C@H](c1ccccc1[C@@H](C)N(C)C)c1cccc2ccccc12. The lowest BCUT2D eigenvalue weighted by atomic mass is 9.90. The largest absolute Gasteiger partial charge is 0.449 e. The Morgan fingerprint density at radius 1 is 0.926 bits per heavy atom. The summed E-state index contributed by atoms with van der Waals surface area (Å²) in [7, 11) is 4.09. The molecule has 0 N–H and O–H groups in total. The van der Waals surface area contributed by atoms with E-state index in [1.807, 2.05) is 56.6 Å². The molecule has 3 aromatic carbocycles. The van der Waals surface area contributed by atoms with Crippen LogP contribution in [-0.4, -0.2) is 25.0 Å². The summed E-state index contributed by atoms with van der Waals surface area (Å²) in [6, 6.07) is 22.6. The van der Waals surface area contributed by atoms with Crippen LogP contribution in [0.2, 0.25) is 0 Å². The summed E-state index contributed by atoms with van der Waals surface area (Å²) in [5.41, 5.74) is 3.10. The highest BCUT2D eigenvalue weighted by atomic mass is 16.5. The topological polar surface area (TPSA) is 29.5 Å². The number of fused-ring (bicyclic) bond motifs is 1. The molecule has 0 amide bonds. The van der Waals surface area contributed by atoms with Crippen molar-refractivity contribution < 1.29 is 9.53 Å². The van der Waals surface area contributed by atoms with Gasteiger partial charge in [0.25, 0.3) is 0 Å². The highest BCUT2D eigenvalue weighted by molar-refractivity contribution is 5.87. The Morgan fingerprint density at radius 3 is 2.22 bits per heavy atom. The monoisotopic (exact) mass is 359 g/mol. The van der Waals surface area contributed by atoms with E-state index in [1.165, 1.54) is 6.08 Å². The van der Waals surface area contributed by atoms with E-state index >= 15 is 0 Å². The van der Waals surface area contributed by atoms with E-state index in [4.69, 9.17) is 4.74 Å². The minimum absolute atomic E-state index is 0.182. The fraction of sp³-hybridized carbons (Fsp3) is 0.208. The zero-order chi connectivity index (χ0) is 19.4. The van der Waals surface area contributed by atoms with E-state index in [0.29, 0.717) is 0 Å². The molecule has 3 rings (SSSR count). The van der Waals surface area contributed by atoms with E-state index in [9.17, 15) is 4.79 Å². The molecule has 0 radical (unpaired) electrons. The second kappa shape index (κ2) is 8.19. The van der Waals surface area contributed by atoms with Gasteiger partial charge in [-0.2, -0.15) is 0 Å². The van der Waals surface area contributed by atoms with E-state index in [2.05, 4.69) is 42.7 Å². The van der Waals surface area contributed by atoms with Gasteiger partial charge in [0.05, 0.1) is 0 Å². The number of carbonyl (C=O) groups is 1. The molecule has 0 saturated heterocycles. The van der Waals surface area contributed by atoms with Gasteiger partial charge in [0.1, 0.15) is 0 Å². The van der Waals surface area contributed by atoms with Crippen LogP contribution in [0, 0.1) is 0 Å². The molecule has 0 heterocycles.